The maximum absolute atomic E-state index is 13.2. The first-order chi connectivity index (χ1) is 11.2. The van der Waals surface area contributed by atoms with Crippen molar-refractivity contribution in [2.24, 2.45) is 23.2 Å². The molecule has 1 aromatic rings. The summed E-state index contributed by atoms with van der Waals surface area (Å²) in [6, 6.07) is 8.28. The van der Waals surface area contributed by atoms with E-state index in [9.17, 15) is 4.79 Å². The fourth-order valence-electron chi connectivity index (χ4n) is 6.19. The van der Waals surface area contributed by atoms with Crippen molar-refractivity contribution in [1.29, 1.82) is 0 Å². The zero-order valence-corrected chi connectivity index (χ0v) is 13.6. The van der Waals surface area contributed by atoms with Gasteiger partial charge in [0.25, 0.3) is 0 Å². The van der Waals surface area contributed by atoms with E-state index in [-0.39, 0.29) is 11.5 Å². The van der Waals surface area contributed by atoms with Crippen molar-refractivity contribution in [3.63, 3.8) is 0 Å². The molecule has 0 radical (unpaired) electrons. The van der Waals surface area contributed by atoms with E-state index in [1.165, 1.54) is 19.3 Å². The lowest BCUT2D eigenvalue weighted by Gasteiger charge is -2.56. The van der Waals surface area contributed by atoms with E-state index in [1.807, 2.05) is 18.2 Å². The second-order valence-electron chi connectivity index (χ2n) is 8.40. The molecular formula is C20H25NO2. The molecule has 4 aliphatic carbocycles. The van der Waals surface area contributed by atoms with Gasteiger partial charge in [0.15, 0.2) is 0 Å². The summed E-state index contributed by atoms with van der Waals surface area (Å²) in [5.74, 6) is 3.71. The molecule has 4 bridgehead atoms. The molecule has 1 unspecified atom stereocenters. The fourth-order valence-corrected chi connectivity index (χ4v) is 6.19. The van der Waals surface area contributed by atoms with Gasteiger partial charge in [0, 0.05) is 17.4 Å². The number of carbonyl (C=O) groups excluding carboxylic acids is 1. The lowest BCUT2D eigenvalue weighted by atomic mass is 9.49. The highest BCUT2D eigenvalue weighted by molar-refractivity contribution is 5.83. The molecule has 4 saturated carbocycles. The zero-order valence-electron chi connectivity index (χ0n) is 13.6. The van der Waals surface area contributed by atoms with Crippen molar-refractivity contribution >= 4 is 5.91 Å². The molecule has 1 aliphatic heterocycles. The molecule has 1 heterocycles. The van der Waals surface area contributed by atoms with E-state index in [1.54, 1.807) is 0 Å². The van der Waals surface area contributed by atoms with Crippen LogP contribution in [-0.2, 0) is 4.79 Å². The minimum atomic E-state index is -0.0536. The largest absolute Gasteiger partial charge is 0.493 e. The van der Waals surface area contributed by atoms with E-state index in [0.29, 0.717) is 12.5 Å². The SMILES string of the molecule is O=C(NC1CCOc2ccccc21)C12CC3CC(CC(C3)C1)C2. The molecule has 23 heavy (non-hydrogen) atoms. The van der Waals surface area contributed by atoms with Crippen molar-refractivity contribution in [2.45, 2.75) is 51.0 Å². The van der Waals surface area contributed by atoms with Crippen LogP contribution in [0.2, 0.25) is 0 Å². The van der Waals surface area contributed by atoms with Crippen LogP contribution >= 0.6 is 0 Å². The predicted octanol–water partition coefficient (Wildman–Crippen LogP) is 3.84. The summed E-state index contributed by atoms with van der Waals surface area (Å²) in [5.41, 5.74) is 1.10. The minimum Gasteiger partial charge on any atom is -0.493 e. The molecule has 0 saturated heterocycles. The Balaban J connectivity index is 1.38. The minimum absolute atomic E-state index is 0.0536. The quantitative estimate of drug-likeness (QED) is 0.901. The number of fused-ring (bicyclic) bond motifs is 1. The molecular weight excluding hydrogens is 286 g/mol. The molecule has 1 amide bonds. The molecule has 3 nitrogen and oxygen atoms in total. The van der Waals surface area contributed by atoms with Crippen LogP contribution in [0.15, 0.2) is 24.3 Å². The van der Waals surface area contributed by atoms with E-state index >= 15 is 0 Å². The van der Waals surface area contributed by atoms with Crippen LogP contribution in [0.5, 0.6) is 5.75 Å². The smallest absolute Gasteiger partial charge is 0.226 e. The van der Waals surface area contributed by atoms with Gasteiger partial charge < -0.3 is 10.1 Å². The summed E-state index contributed by atoms with van der Waals surface area (Å²) in [5, 5.41) is 3.41. The highest BCUT2D eigenvalue weighted by Crippen LogP contribution is 2.60. The van der Waals surface area contributed by atoms with Gasteiger partial charge in [0.1, 0.15) is 5.75 Å². The number of ether oxygens (including phenoxy) is 1. The van der Waals surface area contributed by atoms with Gasteiger partial charge in [-0.05, 0) is 62.3 Å². The highest BCUT2D eigenvalue weighted by atomic mass is 16.5. The second kappa shape index (κ2) is 4.99. The summed E-state index contributed by atoms with van der Waals surface area (Å²) < 4.78 is 5.73. The Morgan fingerprint density at radius 3 is 2.39 bits per heavy atom. The number of rotatable bonds is 2. The first-order valence-electron chi connectivity index (χ1n) is 9.24. The van der Waals surface area contributed by atoms with Gasteiger partial charge >= 0.3 is 0 Å². The average Bonchev–Trinajstić information content (AvgIpc) is 2.54. The van der Waals surface area contributed by atoms with Gasteiger partial charge in [0.05, 0.1) is 12.6 Å². The summed E-state index contributed by atoms with van der Waals surface area (Å²) in [7, 11) is 0. The molecule has 4 fully saturated rings. The van der Waals surface area contributed by atoms with Crippen LogP contribution in [0.25, 0.3) is 0 Å². The van der Waals surface area contributed by atoms with Crippen molar-refractivity contribution in [3.8, 4) is 5.75 Å². The van der Waals surface area contributed by atoms with Gasteiger partial charge in [-0.1, -0.05) is 18.2 Å². The number of carbonyl (C=O) groups is 1. The predicted molar refractivity (Wildman–Crippen MR) is 88.0 cm³/mol. The van der Waals surface area contributed by atoms with E-state index in [0.717, 1.165) is 54.7 Å². The maximum atomic E-state index is 13.2. The first-order valence-corrected chi connectivity index (χ1v) is 9.24. The molecule has 122 valence electrons. The number of hydrogen-bond acceptors (Lipinski definition) is 2. The van der Waals surface area contributed by atoms with Gasteiger partial charge in [0.2, 0.25) is 5.91 Å². The van der Waals surface area contributed by atoms with Crippen molar-refractivity contribution in [3.05, 3.63) is 29.8 Å². The summed E-state index contributed by atoms with van der Waals surface area (Å²) in [4.78, 5) is 13.2. The number of benzene rings is 1. The maximum Gasteiger partial charge on any atom is 0.226 e. The fraction of sp³-hybridized carbons (Fsp3) is 0.650. The Morgan fingerprint density at radius 1 is 1.04 bits per heavy atom. The average molecular weight is 311 g/mol. The highest BCUT2D eigenvalue weighted by Gasteiger charge is 2.54. The Labute approximate surface area is 137 Å². The molecule has 1 N–H and O–H groups in total. The van der Waals surface area contributed by atoms with Gasteiger partial charge in [-0.3, -0.25) is 4.79 Å². The van der Waals surface area contributed by atoms with E-state index in [4.69, 9.17) is 4.74 Å². The Bertz CT molecular complexity index is 603. The molecule has 0 aromatic heterocycles. The number of amides is 1. The Hall–Kier alpha value is -1.51. The van der Waals surface area contributed by atoms with Gasteiger partial charge in [-0.15, -0.1) is 0 Å². The first kappa shape index (κ1) is 13.9. The molecule has 5 aliphatic rings. The third kappa shape index (κ3) is 2.20. The lowest BCUT2D eigenvalue weighted by molar-refractivity contribution is -0.147. The van der Waals surface area contributed by atoms with Crippen LogP contribution in [0.4, 0.5) is 0 Å². The molecule has 1 atom stereocenters. The monoisotopic (exact) mass is 311 g/mol. The topological polar surface area (TPSA) is 38.3 Å². The number of nitrogens with one attached hydrogen (secondary N) is 1. The van der Waals surface area contributed by atoms with Crippen molar-refractivity contribution in [2.75, 3.05) is 6.61 Å². The zero-order chi connectivity index (χ0) is 15.4. The van der Waals surface area contributed by atoms with Crippen LogP contribution < -0.4 is 10.1 Å². The summed E-state index contributed by atoms with van der Waals surface area (Å²) in [6.45, 7) is 0.697. The lowest BCUT2D eigenvalue weighted by Crippen LogP contribution is -2.54. The summed E-state index contributed by atoms with van der Waals surface area (Å²) >= 11 is 0. The molecule has 0 spiro atoms. The number of para-hydroxylation sites is 1. The normalized spacial score (nSPS) is 40.3. The van der Waals surface area contributed by atoms with Crippen LogP contribution in [0.1, 0.15) is 56.6 Å². The Kier molecular flexibility index (Phi) is 3.01. The molecule has 6 rings (SSSR count). The van der Waals surface area contributed by atoms with E-state index in [2.05, 4.69) is 11.4 Å². The summed E-state index contributed by atoms with van der Waals surface area (Å²) in [6.07, 6.45) is 8.43. The second-order valence-corrected chi connectivity index (χ2v) is 8.40. The van der Waals surface area contributed by atoms with Gasteiger partial charge in [-0.25, -0.2) is 0 Å². The van der Waals surface area contributed by atoms with Crippen LogP contribution in [-0.4, -0.2) is 12.5 Å². The van der Waals surface area contributed by atoms with Crippen molar-refractivity contribution in [1.82, 2.24) is 5.32 Å². The molecule has 1 aromatic carbocycles. The Morgan fingerprint density at radius 2 is 1.70 bits per heavy atom. The molecule has 3 heteroatoms. The van der Waals surface area contributed by atoms with Gasteiger partial charge in [-0.2, -0.15) is 0 Å². The number of hydrogen-bond donors (Lipinski definition) is 1. The van der Waals surface area contributed by atoms with Crippen LogP contribution in [0, 0.1) is 23.2 Å². The third-order valence-corrected chi connectivity index (χ3v) is 6.78. The third-order valence-electron chi connectivity index (χ3n) is 6.78. The van der Waals surface area contributed by atoms with E-state index < -0.39 is 0 Å². The van der Waals surface area contributed by atoms with Crippen LogP contribution in [0.3, 0.4) is 0 Å². The van der Waals surface area contributed by atoms with Crippen molar-refractivity contribution < 1.29 is 9.53 Å². The standard InChI is InChI=1S/C20H25NO2/c22-19(20-10-13-7-14(11-20)9-15(8-13)12-20)21-17-5-6-23-18-4-2-1-3-16(17)18/h1-4,13-15,17H,5-12H2,(H,21,22).